The summed E-state index contributed by atoms with van der Waals surface area (Å²) < 4.78 is 7.06. The van der Waals surface area contributed by atoms with Gasteiger partial charge in [-0.25, -0.2) is 9.50 Å². The lowest BCUT2D eigenvalue weighted by molar-refractivity contribution is -0.140. The van der Waals surface area contributed by atoms with Gasteiger partial charge in [-0.05, 0) is 34.5 Å². The van der Waals surface area contributed by atoms with Crippen molar-refractivity contribution < 1.29 is 9.53 Å². The summed E-state index contributed by atoms with van der Waals surface area (Å²) in [5, 5.41) is 7.50. The fraction of sp³-hybridized carbons (Fsp3) is 0.364. The summed E-state index contributed by atoms with van der Waals surface area (Å²) in [6, 6.07) is 3.73. The van der Waals surface area contributed by atoms with Gasteiger partial charge in [-0.1, -0.05) is 0 Å². The second kappa shape index (κ2) is 5.81. The van der Waals surface area contributed by atoms with E-state index in [-0.39, 0.29) is 5.97 Å². The van der Waals surface area contributed by atoms with Crippen LogP contribution in [0.5, 0.6) is 0 Å². The Labute approximate surface area is 112 Å². The molecule has 0 saturated carbocycles. The highest BCUT2D eigenvalue weighted by molar-refractivity contribution is 9.10. The number of carbonyl (C=O) groups excluding carboxylic acids is 1. The van der Waals surface area contributed by atoms with E-state index in [1.54, 1.807) is 10.7 Å². The standard InChI is InChI=1S/C11H13BrN4O2/c1-18-11(17)3-2-6-13-9-4-5-10-14-7-8(12)16(10)15-9/h4-5,7H,2-3,6H2,1H3,(H,13,15). The molecule has 0 aromatic carbocycles. The van der Waals surface area contributed by atoms with Crippen LogP contribution in [0.3, 0.4) is 0 Å². The van der Waals surface area contributed by atoms with Gasteiger partial charge < -0.3 is 10.1 Å². The zero-order valence-corrected chi connectivity index (χ0v) is 11.5. The molecule has 0 spiro atoms. The molecule has 2 heterocycles. The Morgan fingerprint density at radius 3 is 3.17 bits per heavy atom. The van der Waals surface area contributed by atoms with Gasteiger partial charge in [-0.15, -0.1) is 5.10 Å². The van der Waals surface area contributed by atoms with Crippen LogP contribution in [0.2, 0.25) is 0 Å². The first-order chi connectivity index (χ1) is 8.70. The summed E-state index contributed by atoms with van der Waals surface area (Å²) in [5.74, 6) is 0.545. The highest BCUT2D eigenvalue weighted by Gasteiger charge is 2.03. The molecule has 96 valence electrons. The minimum absolute atomic E-state index is 0.197. The molecular weight excluding hydrogens is 300 g/mol. The van der Waals surface area contributed by atoms with E-state index in [9.17, 15) is 4.79 Å². The lowest BCUT2D eigenvalue weighted by atomic mass is 10.3. The Morgan fingerprint density at radius 1 is 1.56 bits per heavy atom. The van der Waals surface area contributed by atoms with Crippen molar-refractivity contribution in [3.63, 3.8) is 0 Å². The summed E-state index contributed by atoms with van der Waals surface area (Å²) in [7, 11) is 1.39. The Morgan fingerprint density at radius 2 is 2.39 bits per heavy atom. The average molecular weight is 313 g/mol. The normalized spacial score (nSPS) is 10.6. The van der Waals surface area contributed by atoms with E-state index >= 15 is 0 Å². The number of nitrogens with zero attached hydrogens (tertiary/aromatic N) is 3. The lowest BCUT2D eigenvalue weighted by Crippen LogP contribution is -2.08. The van der Waals surface area contributed by atoms with Crippen LogP contribution < -0.4 is 5.32 Å². The lowest BCUT2D eigenvalue weighted by Gasteiger charge is -2.05. The number of methoxy groups -OCH3 is 1. The van der Waals surface area contributed by atoms with Crippen molar-refractivity contribution in [1.82, 2.24) is 14.6 Å². The molecule has 1 N–H and O–H groups in total. The van der Waals surface area contributed by atoms with Crippen molar-refractivity contribution in [3.05, 3.63) is 22.9 Å². The third-order valence-electron chi connectivity index (χ3n) is 2.41. The smallest absolute Gasteiger partial charge is 0.305 e. The number of imidazole rings is 1. The predicted molar refractivity (Wildman–Crippen MR) is 70.4 cm³/mol. The van der Waals surface area contributed by atoms with Crippen LogP contribution in [0.1, 0.15) is 12.8 Å². The zero-order chi connectivity index (χ0) is 13.0. The number of esters is 1. The Bertz CT molecular complexity index is 555. The summed E-state index contributed by atoms with van der Waals surface area (Å²) in [4.78, 5) is 15.1. The van der Waals surface area contributed by atoms with Crippen LogP contribution in [0.15, 0.2) is 22.9 Å². The van der Waals surface area contributed by atoms with E-state index in [1.807, 2.05) is 12.1 Å². The van der Waals surface area contributed by atoms with Crippen molar-refractivity contribution in [2.24, 2.45) is 0 Å². The molecule has 6 nitrogen and oxygen atoms in total. The average Bonchev–Trinajstić information content (AvgIpc) is 2.76. The molecule has 0 unspecified atom stereocenters. The van der Waals surface area contributed by atoms with Crippen LogP contribution in [0.25, 0.3) is 5.65 Å². The summed E-state index contributed by atoms with van der Waals surface area (Å²) in [6.07, 6.45) is 2.81. The van der Waals surface area contributed by atoms with Gasteiger partial charge in [-0.2, -0.15) is 0 Å². The summed E-state index contributed by atoms with van der Waals surface area (Å²) >= 11 is 3.36. The highest BCUT2D eigenvalue weighted by Crippen LogP contribution is 2.13. The molecule has 18 heavy (non-hydrogen) atoms. The number of anilines is 1. The SMILES string of the molecule is COC(=O)CCCNc1ccc2ncc(Br)n2n1. The van der Waals surface area contributed by atoms with Gasteiger partial charge in [0.05, 0.1) is 13.3 Å². The summed E-state index contributed by atoms with van der Waals surface area (Å²) in [6.45, 7) is 0.667. The monoisotopic (exact) mass is 312 g/mol. The third-order valence-corrected chi connectivity index (χ3v) is 2.95. The van der Waals surface area contributed by atoms with Crippen LogP contribution >= 0.6 is 15.9 Å². The second-order valence-electron chi connectivity index (χ2n) is 3.68. The van der Waals surface area contributed by atoms with E-state index in [0.29, 0.717) is 19.4 Å². The first-order valence-corrected chi connectivity index (χ1v) is 6.31. The molecule has 0 fully saturated rings. The minimum Gasteiger partial charge on any atom is -0.469 e. The number of hydrogen-bond acceptors (Lipinski definition) is 5. The molecular formula is C11H13BrN4O2. The van der Waals surface area contributed by atoms with Gasteiger partial charge in [0, 0.05) is 13.0 Å². The van der Waals surface area contributed by atoms with Crippen LogP contribution in [-0.4, -0.2) is 34.2 Å². The number of aromatic nitrogens is 3. The fourth-order valence-corrected chi connectivity index (χ4v) is 1.85. The maximum absolute atomic E-state index is 10.9. The molecule has 0 atom stereocenters. The molecule has 2 rings (SSSR count). The molecule has 7 heteroatoms. The molecule has 0 aliphatic carbocycles. The number of ether oxygens (including phenoxy) is 1. The van der Waals surface area contributed by atoms with E-state index in [1.165, 1.54) is 7.11 Å². The summed E-state index contributed by atoms with van der Waals surface area (Å²) in [5.41, 5.74) is 0.780. The largest absolute Gasteiger partial charge is 0.469 e. The van der Waals surface area contributed by atoms with Crippen LogP contribution in [0.4, 0.5) is 5.82 Å². The maximum atomic E-state index is 10.9. The first kappa shape index (κ1) is 12.8. The Hall–Kier alpha value is -1.63. The molecule has 2 aromatic heterocycles. The molecule has 0 aliphatic rings. The minimum atomic E-state index is -0.197. The number of hydrogen-bond donors (Lipinski definition) is 1. The van der Waals surface area contributed by atoms with Gasteiger partial charge in [0.15, 0.2) is 5.65 Å². The molecule has 0 bridgehead atoms. The number of nitrogens with one attached hydrogen (secondary N) is 1. The van der Waals surface area contributed by atoms with Crippen molar-refractivity contribution in [3.8, 4) is 0 Å². The van der Waals surface area contributed by atoms with E-state index in [4.69, 9.17) is 0 Å². The quantitative estimate of drug-likeness (QED) is 0.674. The van der Waals surface area contributed by atoms with Crippen LogP contribution in [0, 0.1) is 0 Å². The second-order valence-corrected chi connectivity index (χ2v) is 4.49. The van der Waals surface area contributed by atoms with Gasteiger partial charge in [0.25, 0.3) is 0 Å². The Balaban J connectivity index is 1.91. The predicted octanol–water partition coefficient (Wildman–Crippen LogP) is 1.86. The van der Waals surface area contributed by atoms with Crippen molar-refractivity contribution in [1.29, 1.82) is 0 Å². The molecule has 2 aromatic rings. The van der Waals surface area contributed by atoms with E-state index < -0.39 is 0 Å². The number of halogens is 1. The highest BCUT2D eigenvalue weighted by atomic mass is 79.9. The van der Waals surface area contributed by atoms with E-state index in [2.05, 4.69) is 36.1 Å². The molecule has 0 radical (unpaired) electrons. The van der Waals surface area contributed by atoms with Crippen molar-refractivity contribution >= 4 is 33.4 Å². The third kappa shape index (κ3) is 2.98. The van der Waals surface area contributed by atoms with Crippen molar-refractivity contribution in [2.75, 3.05) is 19.0 Å². The first-order valence-electron chi connectivity index (χ1n) is 5.51. The maximum Gasteiger partial charge on any atom is 0.305 e. The molecule has 0 saturated heterocycles. The van der Waals surface area contributed by atoms with E-state index in [0.717, 1.165) is 16.1 Å². The number of carbonyl (C=O) groups is 1. The van der Waals surface area contributed by atoms with Gasteiger partial charge in [0.1, 0.15) is 10.4 Å². The molecule has 0 amide bonds. The number of fused-ring (bicyclic) bond motifs is 1. The Kier molecular flexibility index (Phi) is 4.14. The fourth-order valence-electron chi connectivity index (χ4n) is 1.49. The van der Waals surface area contributed by atoms with Crippen molar-refractivity contribution in [2.45, 2.75) is 12.8 Å². The van der Waals surface area contributed by atoms with Gasteiger partial charge in [0.2, 0.25) is 0 Å². The molecule has 0 aliphatic heterocycles. The zero-order valence-electron chi connectivity index (χ0n) is 9.89. The number of rotatable bonds is 5. The van der Waals surface area contributed by atoms with Gasteiger partial charge >= 0.3 is 5.97 Å². The van der Waals surface area contributed by atoms with Crippen LogP contribution in [-0.2, 0) is 9.53 Å². The van der Waals surface area contributed by atoms with Gasteiger partial charge in [-0.3, -0.25) is 4.79 Å². The topological polar surface area (TPSA) is 68.5 Å².